The first-order valence-electron chi connectivity index (χ1n) is 9.90. The lowest BCUT2D eigenvalue weighted by Gasteiger charge is -2.13. The molecule has 4 rings (SSSR count). The number of carbonyl (C=O) groups is 1. The molecule has 0 fully saturated rings. The van der Waals surface area contributed by atoms with Crippen LogP contribution < -0.4 is 10.9 Å². The van der Waals surface area contributed by atoms with Crippen LogP contribution in [0, 0.1) is 13.8 Å². The number of fused-ring (bicyclic) bond motifs is 1. The second-order valence-corrected chi connectivity index (χ2v) is 8.29. The predicted octanol–water partition coefficient (Wildman–Crippen LogP) is 4.19. The van der Waals surface area contributed by atoms with Crippen molar-refractivity contribution in [2.24, 2.45) is 0 Å². The Kier molecular flexibility index (Phi) is 6.13. The molecule has 31 heavy (non-hydrogen) atoms. The highest BCUT2D eigenvalue weighted by atomic mass is 32.2. The Labute approximate surface area is 184 Å². The average molecular weight is 431 g/mol. The number of thioether (sulfide) groups is 1. The monoisotopic (exact) mass is 430 g/mol. The van der Waals surface area contributed by atoms with Crippen molar-refractivity contribution in [2.75, 3.05) is 11.1 Å². The average Bonchev–Trinajstić information content (AvgIpc) is 2.76. The number of carbonyl (C=O) groups excluding carboxylic acids is 1. The summed E-state index contributed by atoms with van der Waals surface area (Å²) in [5, 5.41) is 3.82. The topological polar surface area (TPSA) is 76.9 Å². The van der Waals surface area contributed by atoms with Crippen molar-refractivity contribution in [1.29, 1.82) is 0 Å². The van der Waals surface area contributed by atoms with E-state index in [0.29, 0.717) is 22.7 Å². The van der Waals surface area contributed by atoms with Crippen LogP contribution in [0.1, 0.15) is 16.7 Å². The van der Waals surface area contributed by atoms with E-state index in [1.165, 1.54) is 11.8 Å². The Bertz CT molecular complexity index is 1300. The molecule has 6 nitrogen and oxygen atoms in total. The largest absolute Gasteiger partial charge is 0.325 e. The maximum absolute atomic E-state index is 13.2. The highest BCUT2D eigenvalue weighted by Gasteiger charge is 2.14. The zero-order valence-corrected chi connectivity index (χ0v) is 18.1. The van der Waals surface area contributed by atoms with E-state index in [2.05, 4.69) is 15.3 Å². The van der Waals surface area contributed by atoms with E-state index in [-0.39, 0.29) is 17.2 Å². The van der Waals surface area contributed by atoms with E-state index < -0.39 is 0 Å². The zero-order chi connectivity index (χ0) is 21.8. The fraction of sp³-hybridized carbons (Fsp3) is 0.167. The van der Waals surface area contributed by atoms with Gasteiger partial charge in [0.05, 0.1) is 17.7 Å². The van der Waals surface area contributed by atoms with Crippen molar-refractivity contribution in [2.45, 2.75) is 25.5 Å². The number of amides is 1. The highest BCUT2D eigenvalue weighted by Crippen LogP contribution is 2.19. The summed E-state index contributed by atoms with van der Waals surface area (Å²) in [7, 11) is 0. The van der Waals surface area contributed by atoms with Gasteiger partial charge in [0, 0.05) is 11.9 Å². The van der Waals surface area contributed by atoms with Crippen LogP contribution in [0.5, 0.6) is 0 Å². The van der Waals surface area contributed by atoms with Gasteiger partial charge in [-0.3, -0.25) is 14.2 Å². The summed E-state index contributed by atoms with van der Waals surface area (Å²) in [5.74, 6) is -0.0278. The van der Waals surface area contributed by atoms with Gasteiger partial charge in [0.2, 0.25) is 5.91 Å². The van der Waals surface area contributed by atoms with Crippen LogP contribution in [0.15, 0.2) is 76.8 Å². The Balaban J connectivity index is 1.61. The van der Waals surface area contributed by atoms with E-state index >= 15 is 0 Å². The van der Waals surface area contributed by atoms with Crippen LogP contribution >= 0.6 is 11.8 Å². The smallest absolute Gasteiger partial charge is 0.263 e. The molecule has 0 aliphatic rings. The first-order chi connectivity index (χ1) is 15.0. The molecule has 0 spiro atoms. The summed E-state index contributed by atoms with van der Waals surface area (Å²) in [4.78, 5) is 34.5. The number of rotatable bonds is 6. The van der Waals surface area contributed by atoms with Gasteiger partial charge < -0.3 is 5.32 Å². The lowest BCUT2D eigenvalue weighted by Crippen LogP contribution is -2.25. The summed E-state index contributed by atoms with van der Waals surface area (Å²) >= 11 is 1.23. The van der Waals surface area contributed by atoms with Gasteiger partial charge in [0.25, 0.3) is 5.56 Å². The molecule has 7 heteroatoms. The summed E-state index contributed by atoms with van der Waals surface area (Å²) in [5.41, 5.74) is 4.17. The van der Waals surface area contributed by atoms with Crippen LogP contribution in [-0.2, 0) is 11.3 Å². The van der Waals surface area contributed by atoms with Crippen LogP contribution in [0.4, 0.5) is 5.69 Å². The van der Waals surface area contributed by atoms with E-state index in [0.717, 1.165) is 22.4 Å². The summed E-state index contributed by atoms with van der Waals surface area (Å²) in [6.45, 7) is 4.37. The van der Waals surface area contributed by atoms with Crippen molar-refractivity contribution < 1.29 is 4.79 Å². The van der Waals surface area contributed by atoms with Crippen LogP contribution in [-0.4, -0.2) is 26.2 Å². The molecule has 156 valence electrons. The van der Waals surface area contributed by atoms with Crippen molar-refractivity contribution in [3.05, 3.63) is 93.9 Å². The molecule has 0 bridgehead atoms. The molecule has 2 heterocycles. The third kappa shape index (κ3) is 5.00. The molecule has 2 aromatic carbocycles. The van der Waals surface area contributed by atoms with Gasteiger partial charge in [-0.15, -0.1) is 0 Å². The van der Waals surface area contributed by atoms with Crippen molar-refractivity contribution in [3.8, 4) is 0 Å². The van der Waals surface area contributed by atoms with E-state index in [1.807, 2.05) is 62.4 Å². The molecular formula is C24H22N4O2S. The van der Waals surface area contributed by atoms with E-state index in [1.54, 1.807) is 22.9 Å². The normalized spacial score (nSPS) is 10.9. The Morgan fingerprint density at radius 3 is 2.61 bits per heavy atom. The number of pyridine rings is 1. The Morgan fingerprint density at radius 2 is 1.84 bits per heavy atom. The standard InChI is InChI=1S/C24H22N4O2S/c1-16-8-10-18(11-9-16)14-28-23(30)20-7-4-12-25-22(20)27-24(28)31-15-21(29)26-19-6-3-5-17(2)13-19/h3-13H,14-15H2,1-2H3,(H,26,29). The summed E-state index contributed by atoms with van der Waals surface area (Å²) in [6, 6.07) is 19.1. The molecule has 0 saturated carbocycles. The number of benzene rings is 2. The first kappa shape index (κ1) is 20.8. The minimum Gasteiger partial charge on any atom is -0.325 e. The SMILES string of the molecule is Cc1ccc(Cn2c(SCC(=O)Nc3cccc(C)c3)nc3ncccc3c2=O)cc1. The minimum atomic E-state index is -0.166. The zero-order valence-electron chi connectivity index (χ0n) is 17.3. The minimum absolute atomic E-state index is 0.132. The molecule has 4 aromatic rings. The van der Waals surface area contributed by atoms with Crippen molar-refractivity contribution in [1.82, 2.24) is 14.5 Å². The highest BCUT2D eigenvalue weighted by molar-refractivity contribution is 7.99. The van der Waals surface area contributed by atoms with E-state index in [9.17, 15) is 9.59 Å². The quantitative estimate of drug-likeness (QED) is 0.367. The first-order valence-corrected chi connectivity index (χ1v) is 10.9. The maximum Gasteiger partial charge on any atom is 0.263 e. The fourth-order valence-electron chi connectivity index (χ4n) is 3.21. The van der Waals surface area contributed by atoms with Crippen LogP contribution in [0.25, 0.3) is 11.0 Å². The fourth-order valence-corrected chi connectivity index (χ4v) is 4.00. The second-order valence-electron chi connectivity index (χ2n) is 7.35. The third-order valence-corrected chi connectivity index (χ3v) is 5.77. The van der Waals surface area contributed by atoms with E-state index in [4.69, 9.17) is 0 Å². The number of nitrogens with zero attached hydrogens (tertiary/aromatic N) is 3. The third-order valence-electron chi connectivity index (χ3n) is 4.79. The van der Waals surface area contributed by atoms with Gasteiger partial charge in [-0.05, 0) is 49.2 Å². The number of hydrogen-bond donors (Lipinski definition) is 1. The lowest BCUT2D eigenvalue weighted by atomic mass is 10.1. The number of anilines is 1. The molecule has 0 aliphatic heterocycles. The Hall–Kier alpha value is -3.45. The number of aromatic nitrogens is 3. The molecule has 0 radical (unpaired) electrons. The molecule has 2 aromatic heterocycles. The molecule has 1 amide bonds. The molecule has 0 atom stereocenters. The molecule has 0 unspecified atom stereocenters. The lowest BCUT2D eigenvalue weighted by molar-refractivity contribution is -0.113. The van der Waals surface area contributed by atoms with Crippen molar-refractivity contribution >= 4 is 34.4 Å². The van der Waals surface area contributed by atoms with Gasteiger partial charge in [-0.2, -0.15) is 0 Å². The Morgan fingerprint density at radius 1 is 1.03 bits per heavy atom. The molecule has 0 aliphatic carbocycles. The predicted molar refractivity (Wildman–Crippen MR) is 125 cm³/mol. The van der Waals surface area contributed by atoms with Gasteiger partial charge in [-0.25, -0.2) is 9.97 Å². The number of aryl methyl sites for hydroxylation is 2. The van der Waals surface area contributed by atoms with Crippen LogP contribution in [0.3, 0.4) is 0 Å². The molecular weight excluding hydrogens is 408 g/mol. The summed E-state index contributed by atoms with van der Waals surface area (Å²) in [6.07, 6.45) is 1.61. The molecule has 0 saturated heterocycles. The number of nitrogens with one attached hydrogen (secondary N) is 1. The van der Waals surface area contributed by atoms with Crippen molar-refractivity contribution in [3.63, 3.8) is 0 Å². The van der Waals surface area contributed by atoms with Gasteiger partial charge >= 0.3 is 0 Å². The summed E-state index contributed by atoms with van der Waals surface area (Å²) < 4.78 is 1.61. The maximum atomic E-state index is 13.2. The molecule has 1 N–H and O–H groups in total. The van der Waals surface area contributed by atoms with Gasteiger partial charge in [0.15, 0.2) is 10.8 Å². The van der Waals surface area contributed by atoms with Crippen LogP contribution in [0.2, 0.25) is 0 Å². The number of hydrogen-bond acceptors (Lipinski definition) is 5. The second kappa shape index (κ2) is 9.14. The van der Waals surface area contributed by atoms with Gasteiger partial charge in [0.1, 0.15) is 0 Å². The van der Waals surface area contributed by atoms with Gasteiger partial charge in [-0.1, -0.05) is 53.7 Å².